The Kier molecular flexibility index (Phi) is 10.2. The van der Waals surface area contributed by atoms with E-state index in [1.165, 1.54) is 22.3 Å². The largest absolute Gasteiger partial charge is 0.326 e. The first kappa shape index (κ1) is 26.0. The normalized spacial score (nSPS) is 19.0. The fraction of sp³-hybridized carbons (Fsp3) is 0.478. The third-order valence-corrected chi connectivity index (χ3v) is 7.07. The van der Waals surface area contributed by atoms with Crippen molar-refractivity contribution in [3.05, 3.63) is 64.2 Å². The molecule has 2 aromatic carbocycles. The molecule has 0 amide bonds. The van der Waals surface area contributed by atoms with Gasteiger partial charge in [-0.05, 0) is 81.8 Å². The van der Waals surface area contributed by atoms with Gasteiger partial charge in [-0.25, -0.2) is 13.1 Å². The number of nitrogens with one attached hydrogen (secondary N) is 1. The number of hydrogen-bond acceptors (Lipinski definition) is 3. The van der Waals surface area contributed by atoms with Gasteiger partial charge in [0.25, 0.3) is 0 Å². The molecule has 0 heterocycles. The Morgan fingerprint density at radius 1 is 0.828 bits per heavy atom. The second kappa shape index (κ2) is 11.4. The Morgan fingerprint density at radius 2 is 1.28 bits per heavy atom. The Bertz CT molecular complexity index is 846. The second-order valence-electron chi connectivity index (χ2n) is 8.01. The monoisotopic (exact) mass is 504 g/mol. The number of sulfonamides is 1. The van der Waals surface area contributed by atoms with Gasteiger partial charge in [0.15, 0.2) is 0 Å². The molecule has 0 aromatic heterocycles. The molecule has 4 nitrogen and oxygen atoms in total. The van der Waals surface area contributed by atoms with Gasteiger partial charge in [0, 0.05) is 31.6 Å². The summed E-state index contributed by atoms with van der Waals surface area (Å²) in [6, 6.07) is 11.1. The molecular formula is C23H34N2O2RuS. The van der Waals surface area contributed by atoms with E-state index in [2.05, 4.69) is 44.5 Å². The summed E-state index contributed by atoms with van der Waals surface area (Å²) in [4.78, 5) is 0.311. The molecule has 0 aliphatic heterocycles. The van der Waals surface area contributed by atoms with Gasteiger partial charge >= 0.3 is 0 Å². The van der Waals surface area contributed by atoms with E-state index in [0.29, 0.717) is 4.90 Å². The van der Waals surface area contributed by atoms with E-state index in [1.54, 1.807) is 24.3 Å². The van der Waals surface area contributed by atoms with Crippen molar-refractivity contribution in [1.82, 2.24) is 4.72 Å². The van der Waals surface area contributed by atoms with Crippen LogP contribution in [0.15, 0.2) is 41.3 Å². The second-order valence-corrected chi connectivity index (χ2v) is 9.72. The SMILES string of the molecule is Cc1cc(C)c(C)cc1C.Cc1ccc(S(=O)(=O)N[C@H]2CCCC[C@@H]2N)cc1.[Ru]. The number of aryl methyl sites for hydroxylation is 5. The first-order valence-corrected chi connectivity index (χ1v) is 11.5. The molecule has 6 heteroatoms. The molecule has 0 spiro atoms. The van der Waals surface area contributed by atoms with Gasteiger partial charge in [-0.1, -0.05) is 42.7 Å². The average molecular weight is 504 g/mol. The molecule has 0 radical (unpaired) electrons. The zero-order valence-corrected chi connectivity index (χ0v) is 20.7. The minimum absolute atomic E-state index is 0. The molecule has 1 aliphatic rings. The summed E-state index contributed by atoms with van der Waals surface area (Å²) >= 11 is 0. The van der Waals surface area contributed by atoms with Crippen molar-refractivity contribution in [2.45, 2.75) is 77.3 Å². The number of rotatable bonds is 3. The zero-order valence-electron chi connectivity index (χ0n) is 18.1. The predicted molar refractivity (Wildman–Crippen MR) is 117 cm³/mol. The first-order chi connectivity index (χ1) is 13.1. The van der Waals surface area contributed by atoms with Crippen molar-refractivity contribution in [1.29, 1.82) is 0 Å². The van der Waals surface area contributed by atoms with Crippen LogP contribution in [0, 0.1) is 34.6 Å². The van der Waals surface area contributed by atoms with E-state index >= 15 is 0 Å². The maximum Gasteiger partial charge on any atom is 0.240 e. The summed E-state index contributed by atoms with van der Waals surface area (Å²) in [6.45, 7) is 10.5. The van der Waals surface area contributed by atoms with E-state index in [1.807, 2.05) is 6.92 Å². The molecule has 0 bridgehead atoms. The molecule has 0 saturated heterocycles. The van der Waals surface area contributed by atoms with Crippen molar-refractivity contribution < 1.29 is 27.9 Å². The molecule has 3 N–H and O–H groups in total. The van der Waals surface area contributed by atoms with Gasteiger partial charge in [0.2, 0.25) is 10.0 Å². The van der Waals surface area contributed by atoms with Crippen LogP contribution in [-0.2, 0) is 29.5 Å². The van der Waals surface area contributed by atoms with Crippen molar-refractivity contribution in [3.8, 4) is 0 Å². The van der Waals surface area contributed by atoms with Crippen molar-refractivity contribution in [2.24, 2.45) is 5.73 Å². The molecule has 1 fully saturated rings. The quantitative estimate of drug-likeness (QED) is 0.608. The molecule has 2 aromatic rings. The third kappa shape index (κ3) is 7.60. The van der Waals surface area contributed by atoms with Gasteiger partial charge < -0.3 is 5.73 Å². The van der Waals surface area contributed by atoms with Crippen LogP contribution in [0.2, 0.25) is 0 Å². The van der Waals surface area contributed by atoms with E-state index in [9.17, 15) is 8.42 Å². The van der Waals surface area contributed by atoms with Crippen LogP contribution >= 0.6 is 0 Å². The fourth-order valence-corrected chi connectivity index (χ4v) is 4.72. The van der Waals surface area contributed by atoms with E-state index in [4.69, 9.17) is 5.73 Å². The summed E-state index contributed by atoms with van der Waals surface area (Å²) < 4.78 is 27.1. The summed E-state index contributed by atoms with van der Waals surface area (Å²) in [5, 5.41) is 0. The molecule has 162 valence electrons. The van der Waals surface area contributed by atoms with Crippen LogP contribution in [-0.4, -0.2) is 20.5 Å². The van der Waals surface area contributed by atoms with Crippen molar-refractivity contribution in [3.63, 3.8) is 0 Å². The van der Waals surface area contributed by atoms with Crippen LogP contribution in [0.25, 0.3) is 0 Å². The van der Waals surface area contributed by atoms with Crippen LogP contribution in [0.3, 0.4) is 0 Å². The standard InChI is InChI=1S/C13H20N2O2S.C10H14.Ru/c1-10-6-8-11(9-7-10)18(16,17)15-13-5-3-2-4-12(13)14;1-7-5-9(3)10(4)6-8(7)2;/h6-9,12-13,15H,2-5,14H2,1H3;5-6H,1-4H3;/t12-,13-;;/m0../s1. The maximum absolute atomic E-state index is 12.2. The van der Waals surface area contributed by atoms with Gasteiger partial charge in [-0.3, -0.25) is 0 Å². The molecule has 2 atom stereocenters. The molecule has 1 aliphatic carbocycles. The summed E-state index contributed by atoms with van der Waals surface area (Å²) in [6.07, 6.45) is 3.84. The minimum Gasteiger partial charge on any atom is -0.326 e. The van der Waals surface area contributed by atoms with E-state index < -0.39 is 10.0 Å². The van der Waals surface area contributed by atoms with Gasteiger partial charge in [-0.15, -0.1) is 0 Å². The Hall–Kier alpha value is -1.07. The molecular weight excluding hydrogens is 469 g/mol. The third-order valence-electron chi connectivity index (χ3n) is 5.57. The Labute approximate surface area is 189 Å². The number of benzene rings is 2. The zero-order chi connectivity index (χ0) is 20.9. The summed E-state index contributed by atoms with van der Waals surface area (Å²) in [5.41, 5.74) is 12.6. The number of hydrogen-bond donors (Lipinski definition) is 2. The average Bonchev–Trinajstić information content (AvgIpc) is 2.63. The smallest absolute Gasteiger partial charge is 0.240 e. The predicted octanol–water partition coefficient (Wildman–Crippen LogP) is 4.46. The fourth-order valence-electron chi connectivity index (χ4n) is 3.40. The van der Waals surface area contributed by atoms with Crippen LogP contribution in [0.1, 0.15) is 53.5 Å². The molecule has 29 heavy (non-hydrogen) atoms. The van der Waals surface area contributed by atoms with Crippen LogP contribution in [0.5, 0.6) is 0 Å². The van der Waals surface area contributed by atoms with Gasteiger partial charge in [0.1, 0.15) is 0 Å². The van der Waals surface area contributed by atoms with Gasteiger partial charge in [-0.2, -0.15) is 0 Å². The van der Waals surface area contributed by atoms with E-state index in [-0.39, 0.29) is 31.6 Å². The summed E-state index contributed by atoms with van der Waals surface area (Å²) in [5.74, 6) is 0. The van der Waals surface area contributed by atoms with Crippen LogP contribution < -0.4 is 10.5 Å². The summed E-state index contributed by atoms with van der Waals surface area (Å²) in [7, 11) is -3.44. The van der Waals surface area contributed by atoms with E-state index in [0.717, 1.165) is 31.2 Å². The molecule has 1 saturated carbocycles. The maximum atomic E-state index is 12.2. The van der Waals surface area contributed by atoms with Crippen molar-refractivity contribution >= 4 is 10.0 Å². The first-order valence-electron chi connectivity index (χ1n) is 9.99. The van der Waals surface area contributed by atoms with Crippen molar-refractivity contribution in [2.75, 3.05) is 0 Å². The molecule has 3 rings (SSSR count). The Morgan fingerprint density at radius 3 is 1.72 bits per heavy atom. The number of nitrogens with two attached hydrogens (primary N) is 1. The minimum atomic E-state index is -3.44. The van der Waals surface area contributed by atoms with Crippen LogP contribution in [0.4, 0.5) is 0 Å². The Balaban J connectivity index is 0.000000327. The topological polar surface area (TPSA) is 72.2 Å². The van der Waals surface area contributed by atoms with Gasteiger partial charge in [0.05, 0.1) is 4.90 Å². The molecule has 0 unspecified atom stereocenters.